The first-order valence-electron chi connectivity index (χ1n) is 8.16. The predicted octanol–water partition coefficient (Wildman–Crippen LogP) is 1.63. The van der Waals surface area contributed by atoms with Crippen LogP contribution >= 0.6 is 0 Å². The number of morpholine rings is 1. The zero-order valence-electron chi connectivity index (χ0n) is 14.0. The fraction of sp³-hybridized carbons (Fsp3) is 0.438. The van der Waals surface area contributed by atoms with E-state index in [4.69, 9.17) is 4.74 Å². The number of aromatic nitrogens is 2. The molecule has 0 spiro atoms. The number of benzene rings is 1. The van der Waals surface area contributed by atoms with E-state index in [2.05, 4.69) is 14.7 Å². The summed E-state index contributed by atoms with van der Waals surface area (Å²) in [5, 5.41) is 3.38. The fourth-order valence-corrected chi connectivity index (χ4v) is 3.84. The van der Waals surface area contributed by atoms with E-state index in [0.29, 0.717) is 31.0 Å². The Bertz CT molecular complexity index is 808. The summed E-state index contributed by atoms with van der Waals surface area (Å²) in [6.07, 6.45) is 1.74. The summed E-state index contributed by atoms with van der Waals surface area (Å²) in [7, 11) is -3.94. The van der Waals surface area contributed by atoms with Gasteiger partial charge in [0.1, 0.15) is 4.90 Å². The summed E-state index contributed by atoms with van der Waals surface area (Å²) < 4.78 is 58.3. The summed E-state index contributed by atoms with van der Waals surface area (Å²) in [5.74, 6) is 0. The lowest BCUT2D eigenvalue weighted by Crippen LogP contribution is -2.43. The van der Waals surface area contributed by atoms with Gasteiger partial charge in [-0.05, 0) is 5.56 Å². The first kappa shape index (κ1) is 18.9. The molecule has 2 aromatic rings. The molecule has 0 unspecified atom stereocenters. The Kier molecular flexibility index (Phi) is 5.97. The number of ether oxygens (including phenoxy) is 1. The highest BCUT2D eigenvalue weighted by molar-refractivity contribution is 7.89. The second kappa shape index (κ2) is 8.21. The number of hydrogen-bond acceptors (Lipinski definition) is 5. The number of nitrogens with zero attached hydrogens (tertiary/aromatic N) is 3. The van der Waals surface area contributed by atoms with Crippen LogP contribution in [0, 0.1) is 0 Å². The van der Waals surface area contributed by atoms with Crippen LogP contribution in [0.25, 0.3) is 0 Å². The highest BCUT2D eigenvalue weighted by Gasteiger charge is 2.26. The first-order valence-corrected chi connectivity index (χ1v) is 9.64. The van der Waals surface area contributed by atoms with Crippen molar-refractivity contribution >= 4 is 10.0 Å². The number of sulfonamides is 1. The molecule has 1 aromatic heterocycles. The minimum absolute atomic E-state index is 0.117. The Balaban J connectivity index is 1.76. The molecule has 0 bridgehead atoms. The van der Waals surface area contributed by atoms with Gasteiger partial charge in [0.25, 0.3) is 0 Å². The van der Waals surface area contributed by atoms with Crippen molar-refractivity contribution < 1.29 is 21.9 Å². The van der Waals surface area contributed by atoms with Crippen molar-refractivity contribution in [2.45, 2.75) is 17.5 Å². The van der Waals surface area contributed by atoms with E-state index in [-0.39, 0.29) is 17.5 Å². The molecule has 1 saturated heterocycles. The van der Waals surface area contributed by atoms with Crippen LogP contribution in [0.15, 0.2) is 47.6 Å². The Morgan fingerprint density at radius 2 is 1.88 bits per heavy atom. The summed E-state index contributed by atoms with van der Waals surface area (Å²) in [4.78, 5) is 1.86. The molecule has 1 atom stereocenters. The molecule has 0 amide bonds. The minimum atomic E-state index is -3.94. The predicted molar refractivity (Wildman–Crippen MR) is 90.2 cm³/mol. The van der Waals surface area contributed by atoms with Gasteiger partial charge < -0.3 is 4.74 Å². The van der Waals surface area contributed by atoms with E-state index in [9.17, 15) is 17.2 Å². The van der Waals surface area contributed by atoms with Crippen LogP contribution in [-0.2, 0) is 14.8 Å². The molecular formula is C16H20F2N4O3S. The summed E-state index contributed by atoms with van der Waals surface area (Å²) in [5.41, 5.74) is 0.973. The molecule has 7 nitrogen and oxygen atoms in total. The van der Waals surface area contributed by atoms with Gasteiger partial charge in [0.05, 0.1) is 25.6 Å². The monoisotopic (exact) mass is 386 g/mol. The fourth-order valence-electron chi connectivity index (χ4n) is 2.86. The van der Waals surface area contributed by atoms with Gasteiger partial charge in [-0.25, -0.2) is 17.8 Å². The maximum atomic E-state index is 12.6. The number of hydrogen-bond donors (Lipinski definition) is 1. The van der Waals surface area contributed by atoms with Crippen molar-refractivity contribution in [1.82, 2.24) is 19.4 Å². The molecule has 1 N–H and O–H groups in total. The minimum Gasteiger partial charge on any atom is -0.379 e. The van der Waals surface area contributed by atoms with E-state index in [1.807, 2.05) is 30.3 Å². The van der Waals surface area contributed by atoms with Gasteiger partial charge in [0.2, 0.25) is 10.0 Å². The molecule has 0 saturated carbocycles. The SMILES string of the molecule is O=S(=O)(NC[C@@H](c1ccccc1)N1CCOCC1)c1cnn(C(F)F)c1. The highest BCUT2D eigenvalue weighted by atomic mass is 32.2. The third kappa shape index (κ3) is 4.44. The Labute approximate surface area is 150 Å². The molecule has 1 aliphatic rings. The molecule has 142 valence electrons. The molecule has 2 heterocycles. The van der Waals surface area contributed by atoms with Crippen LogP contribution in [0.2, 0.25) is 0 Å². The highest BCUT2D eigenvalue weighted by Crippen LogP contribution is 2.22. The van der Waals surface area contributed by atoms with Crippen molar-refractivity contribution in [2.24, 2.45) is 0 Å². The second-order valence-electron chi connectivity index (χ2n) is 5.86. The van der Waals surface area contributed by atoms with E-state index < -0.39 is 16.6 Å². The van der Waals surface area contributed by atoms with Gasteiger partial charge in [-0.1, -0.05) is 30.3 Å². The number of halogens is 2. The molecule has 3 rings (SSSR count). The van der Waals surface area contributed by atoms with Crippen LogP contribution < -0.4 is 4.72 Å². The molecule has 10 heteroatoms. The molecule has 1 fully saturated rings. The van der Waals surface area contributed by atoms with Crippen LogP contribution in [0.1, 0.15) is 18.2 Å². The summed E-state index contributed by atoms with van der Waals surface area (Å²) >= 11 is 0. The van der Waals surface area contributed by atoms with Crippen LogP contribution in [0.3, 0.4) is 0 Å². The van der Waals surface area contributed by atoms with Crippen LogP contribution in [-0.4, -0.2) is 55.9 Å². The molecule has 26 heavy (non-hydrogen) atoms. The lowest BCUT2D eigenvalue weighted by atomic mass is 10.1. The maximum Gasteiger partial charge on any atom is 0.333 e. The summed E-state index contributed by atoms with van der Waals surface area (Å²) in [6, 6.07) is 9.36. The lowest BCUT2D eigenvalue weighted by molar-refractivity contribution is 0.0172. The standard InChI is InChI=1S/C16H20F2N4O3S/c17-16(18)22-12-14(10-19-22)26(23,24)20-11-15(13-4-2-1-3-5-13)21-6-8-25-9-7-21/h1-5,10,12,15-16,20H,6-9,11H2/t15-/m0/s1. The molecule has 0 aliphatic carbocycles. The van der Waals surface area contributed by atoms with Gasteiger partial charge in [-0.3, -0.25) is 4.90 Å². The topological polar surface area (TPSA) is 76.5 Å². The molecule has 1 aromatic carbocycles. The second-order valence-corrected chi connectivity index (χ2v) is 7.63. The largest absolute Gasteiger partial charge is 0.379 e. The average molecular weight is 386 g/mol. The smallest absolute Gasteiger partial charge is 0.333 e. The Morgan fingerprint density at radius 1 is 1.19 bits per heavy atom. The Hall–Kier alpha value is -1.88. The zero-order valence-corrected chi connectivity index (χ0v) is 14.8. The van der Waals surface area contributed by atoms with Gasteiger partial charge in [0, 0.05) is 25.7 Å². The Morgan fingerprint density at radius 3 is 2.50 bits per heavy atom. The number of nitrogens with one attached hydrogen (secondary N) is 1. The van der Waals surface area contributed by atoms with Crippen LogP contribution in [0.5, 0.6) is 0 Å². The van der Waals surface area contributed by atoms with Crippen molar-refractivity contribution in [1.29, 1.82) is 0 Å². The summed E-state index contributed by atoms with van der Waals surface area (Å²) in [6.45, 7) is -0.236. The van der Waals surface area contributed by atoms with Crippen molar-refractivity contribution in [2.75, 3.05) is 32.8 Å². The molecular weight excluding hydrogens is 366 g/mol. The van der Waals surface area contributed by atoms with Crippen molar-refractivity contribution in [3.05, 3.63) is 48.3 Å². The van der Waals surface area contributed by atoms with Gasteiger partial charge in [0.15, 0.2) is 0 Å². The maximum absolute atomic E-state index is 12.6. The van der Waals surface area contributed by atoms with E-state index >= 15 is 0 Å². The normalized spacial score (nSPS) is 17.5. The van der Waals surface area contributed by atoms with Gasteiger partial charge >= 0.3 is 6.55 Å². The van der Waals surface area contributed by atoms with E-state index in [1.54, 1.807) is 0 Å². The molecule has 1 aliphatic heterocycles. The number of alkyl halides is 2. The van der Waals surface area contributed by atoms with Gasteiger partial charge in [-0.2, -0.15) is 13.9 Å². The van der Waals surface area contributed by atoms with Crippen LogP contribution in [0.4, 0.5) is 8.78 Å². The van der Waals surface area contributed by atoms with E-state index in [0.717, 1.165) is 18.0 Å². The van der Waals surface area contributed by atoms with Gasteiger partial charge in [-0.15, -0.1) is 0 Å². The molecule has 0 radical (unpaired) electrons. The lowest BCUT2D eigenvalue weighted by Gasteiger charge is -2.34. The first-order chi connectivity index (χ1) is 12.5. The van der Waals surface area contributed by atoms with Crippen molar-refractivity contribution in [3.8, 4) is 0 Å². The zero-order chi connectivity index (χ0) is 18.6. The number of rotatable bonds is 7. The average Bonchev–Trinajstić information content (AvgIpc) is 3.15. The van der Waals surface area contributed by atoms with Crippen molar-refractivity contribution in [3.63, 3.8) is 0 Å². The quantitative estimate of drug-likeness (QED) is 0.783. The van der Waals surface area contributed by atoms with E-state index in [1.165, 1.54) is 0 Å². The third-order valence-corrected chi connectivity index (χ3v) is 5.60. The third-order valence-electron chi connectivity index (χ3n) is 4.23.